The van der Waals surface area contributed by atoms with E-state index in [1.54, 1.807) is 0 Å². The van der Waals surface area contributed by atoms with Crippen molar-refractivity contribution in [3.05, 3.63) is 18.5 Å². The van der Waals surface area contributed by atoms with Crippen molar-refractivity contribution in [2.75, 3.05) is 18.0 Å². The van der Waals surface area contributed by atoms with Gasteiger partial charge in [0.2, 0.25) is 5.95 Å². The Kier molecular flexibility index (Phi) is 4.73. The molecule has 4 unspecified atom stereocenters. The van der Waals surface area contributed by atoms with Gasteiger partial charge in [-0.1, -0.05) is 26.7 Å². The number of piperidine rings is 1. The molecule has 4 nitrogen and oxygen atoms in total. The highest BCUT2D eigenvalue weighted by atomic mass is 15.3. The van der Waals surface area contributed by atoms with Gasteiger partial charge in [0.05, 0.1) is 0 Å². The molecule has 1 N–H and O–H groups in total. The summed E-state index contributed by atoms with van der Waals surface area (Å²) in [4.78, 5) is 11.1. The number of aromatic nitrogens is 2. The molecular weight excluding hydrogens is 260 g/mol. The van der Waals surface area contributed by atoms with E-state index in [0.717, 1.165) is 30.9 Å². The SMILES string of the molecule is CC1CCCC(NC2CCCN(c3ncccn3)C2)C1C. The average molecular weight is 288 g/mol. The van der Waals surface area contributed by atoms with Gasteiger partial charge in [0, 0.05) is 37.6 Å². The van der Waals surface area contributed by atoms with E-state index in [-0.39, 0.29) is 0 Å². The fourth-order valence-electron chi connectivity index (χ4n) is 3.87. The summed E-state index contributed by atoms with van der Waals surface area (Å²) in [5.74, 6) is 2.53. The van der Waals surface area contributed by atoms with Crippen molar-refractivity contribution in [1.82, 2.24) is 15.3 Å². The van der Waals surface area contributed by atoms with E-state index in [1.165, 1.54) is 32.1 Å². The first-order valence-corrected chi connectivity index (χ1v) is 8.52. The topological polar surface area (TPSA) is 41.0 Å². The Balaban J connectivity index is 1.59. The number of hydrogen-bond donors (Lipinski definition) is 1. The van der Waals surface area contributed by atoms with E-state index < -0.39 is 0 Å². The Morgan fingerprint density at radius 1 is 1.10 bits per heavy atom. The van der Waals surface area contributed by atoms with Crippen LogP contribution in [0.25, 0.3) is 0 Å². The maximum absolute atomic E-state index is 4.40. The van der Waals surface area contributed by atoms with Crippen molar-refractivity contribution in [2.45, 2.75) is 58.0 Å². The minimum atomic E-state index is 0.584. The van der Waals surface area contributed by atoms with Gasteiger partial charge in [0.1, 0.15) is 0 Å². The van der Waals surface area contributed by atoms with Gasteiger partial charge in [-0.15, -0.1) is 0 Å². The minimum absolute atomic E-state index is 0.584. The summed E-state index contributed by atoms with van der Waals surface area (Å²) in [6, 6.07) is 3.16. The van der Waals surface area contributed by atoms with Gasteiger partial charge in [0.25, 0.3) is 0 Å². The first-order valence-electron chi connectivity index (χ1n) is 8.52. The van der Waals surface area contributed by atoms with Crippen LogP contribution in [0.4, 0.5) is 5.95 Å². The molecular formula is C17H28N4. The van der Waals surface area contributed by atoms with Gasteiger partial charge >= 0.3 is 0 Å². The highest BCUT2D eigenvalue weighted by Crippen LogP contribution is 2.30. The van der Waals surface area contributed by atoms with Crippen LogP contribution in [-0.2, 0) is 0 Å². The van der Waals surface area contributed by atoms with E-state index >= 15 is 0 Å². The number of rotatable bonds is 3. The van der Waals surface area contributed by atoms with Crippen LogP contribution in [0.15, 0.2) is 18.5 Å². The van der Waals surface area contributed by atoms with Crippen molar-refractivity contribution in [3.63, 3.8) is 0 Å². The van der Waals surface area contributed by atoms with E-state index in [1.807, 2.05) is 18.5 Å². The fraction of sp³-hybridized carbons (Fsp3) is 0.765. The molecule has 4 atom stereocenters. The maximum Gasteiger partial charge on any atom is 0.225 e. The zero-order valence-corrected chi connectivity index (χ0v) is 13.3. The van der Waals surface area contributed by atoms with Gasteiger partial charge in [-0.25, -0.2) is 9.97 Å². The molecule has 0 aromatic carbocycles. The molecule has 116 valence electrons. The molecule has 2 fully saturated rings. The third-order valence-corrected chi connectivity index (χ3v) is 5.41. The normalized spacial score (nSPS) is 33.9. The summed E-state index contributed by atoms with van der Waals surface area (Å²) in [6.07, 6.45) is 10.3. The number of anilines is 1. The van der Waals surface area contributed by atoms with E-state index in [2.05, 4.69) is 34.0 Å². The molecule has 4 heteroatoms. The van der Waals surface area contributed by atoms with Crippen LogP contribution in [0.5, 0.6) is 0 Å². The molecule has 1 saturated carbocycles. The molecule has 1 saturated heterocycles. The molecule has 0 bridgehead atoms. The number of hydrogen-bond acceptors (Lipinski definition) is 4. The molecule has 1 aromatic rings. The van der Waals surface area contributed by atoms with Gasteiger partial charge in [-0.2, -0.15) is 0 Å². The van der Waals surface area contributed by atoms with Crippen molar-refractivity contribution in [2.24, 2.45) is 11.8 Å². The summed E-state index contributed by atoms with van der Waals surface area (Å²) >= 11 is 0. The van der Waals surface area contributed by atoms with Crippen LogP contribution >= 0.6 is 0 Å². The largest absolute Gasteiger partial charge is 0.339 e. The lowest BCUT2D eigenvalue weighted by molar-refractivity contribution is 0.188. The lowest BCUT2D eigenvalue weighted by Crippen LogP contribution is -2.52. The van der Waals surface area contributed by atoms with Crippen molar-refractivity contribution in [3.8, 4) is 0 Å². The van der Waals surface area contributed by atoms with Gasteiger partial charge < -0.3 is 10.2 Å². The molecule has 1 aliphatic carbocycles. The molecule has 0 radical (unpaired) electrons. The lowest BCUT2D eigenvalue weighted by atomic mass is 9.77. The van der Waals surface area contributed by atoms with Crippen LogP contribution in [0.1, 0.15) is 46.0 Å². The summed E-state index contributed by atoms with van der Waals surface area (Å²) in [5, 5.41) is 3.94. The Morgan fingerprint density at radius 2 is 1.90 bits per heavy atom. The zero-order valence-electron chi connectivity index (χ0n) is 13.3. The quantitative estimate of drug-likeness (QED) is 0.928. The summed E-state index contributed by atoms with van der Waals surface area (Å²) in [6.45, 7) is 6.95. The van der Waals surface area contributed by atoms with Crippen molar-refractivity contribution >= 4 is 5.95 Å². The zero-order chi connectivity index (χ0) is 14.7. The third kappa shape index (κ3) is 3.54. The molecule has 2 heterocycles. The van der Waals surface area contributed by atoms with E-state index in [0.29, 0.717) is 12.1 Å². The first kappa shape index (κ1) is 14.8. The molecule has 1 aromatic heterocycles. The van der Waals surface area contributed by atoms with Crippen LogP contribution in [0.3, 0.4) is 0 Å². The maximum atomic E-state index is 4.40. The molecule has 21 heavy (non-hydrogen) atoms. The lowest BCUT2D eigenvalue weighted by Gasteiger charge is -2.40. The minimum Gasteiger partial charge on any atom is -0.339 e. The second kappa shape index (κ2) is 6.73. The second-order valence-electron chi connectivity index (χ2n) is 6.87. The number of nitrogens with one attached hydrogen (secondary N) is 1. The third-order valence-electron chi connectivity index (χ3n) is 5.41. The highest BCUT2D eigenvalue weighted by molar-refractivity contribution is 5.29. The standard InChI is InChI=1S/C17H28N4/c1-13-6-3-8-16(14(13)2)20-15-7-4-11-21(12-15)17-18-9-5-10-19-17/h5,9-10,13-16,20H,3-4,6-8,11-12H2,1-2H3. The highest BCUT2D eigenvalue weighted by Gasteiger charge is 2.30. The van der Waals surface area contributed by atoms with Gasteiger partial charge in [-0.05, 0) is 37.2 Å². The first-order chi connectivity index (χ1) is 10.2. The predicted molar refractivity (Wildman–Crippen MR) is 86.4 cm³/mol. The summed E-state index contributed by atoms with van der Waals surface area (Å²) in [7, 11) is 0. The summed E-state index contributed by atoms with van der Waals surface area (Å²) in [5.41, 5.74) is 0. The summed E-state index contributed by atoms with van der Waals surface area (Å²) < 4.78 is 0. The average Bonchev–Trinajstić information content (AvgIpc) is 2.53. The molecule has 0 amide bonds. The molecule has 3 rings (SSSR count). The molecule has 0 spiro atoms. The van der Waals surface area contributed by atoms with Crippen molar-refractivity contribution in [1.29, 1.82) is 0 Å². The van der Waals surface area contributed by atoms with E-state index in [9.17, 15) is 0 Å². The van der Waals surface area contributed by atoms with Crippen LogP contribution in [0.2, 0.25) is 0 Å². The predicted octanol–water partition coefficient (Wildman–Crippen LogP) is 2.86. The Bertz CT molecular complexity index is 436. The van der Waals surface area contributed by atoms with E-state index in [4.69, 9.17) is 0 Å². The Morgan fingerprint density at radius 3 is 2.71 bits per heavy atom. The molecule has 1 aliphatic heterocycles. The Hall–Kier alpha value is -1.16. The van der Waals surface area contributed by atoms with Gasteiger partial charge in [-0.3, -0.25) is 0 Å². The van der Waals surface area contributed by atoms with Gasteiger partial charge in [0.15, 0.2) is 0 Å². The monoisotopic (exact) mass is 288 g/mol. The second-order valence-corrected chi connectivity index (χ2v) is 6.87. The smallest absolute Gasteiger partial charge is 0.225 e. The van der Waals surface area contributed by atoms with Crippen LogP contribution < -0.4 is 10.2 Å². The molecule has 2 aliphatic rings. The fourth-order valence-corrected chi connectivity index (χ4v) is 3.87. The van der Waals surface area contributed by atoms with Crippen molar-refractivity contribution < 1.29 is 0 Å². The Labute approximate surface area is 128 Å². The van der Waals surface area contributed by atoms with Crippen LogP contribution in [-0.4, -0.2) is 35.1 Å². The number of nitrogens with zero attached hydrogens (tertiary/aromatic N) is 3. The van der Waals surface area contributed by atoms with Crippen LogP contribution in [0, 0.1) is 11.8 Å².